The Balaban J connectivity index is 2.08. The first-order valence-corrected chi connectivity index (χ1v) is 6.59. The summed E-state index contributed by atoms with van der Waals surface area (Å²) in [6, 6.07) is 3.68. The molecule has 0 radical (unpaired) electrons. The molecule has 1 aliphatic rings. The Morgan fingerprint density at radius 2 is 1.89 bits per heavy atom. The predicted molar refractivity (Wildman–Crippen MR) is 76.0 cm³/mol. The number of rotatable bonds is 5. The Kier molecular flexibility index (Phi) is 4.04. The van der Waals surface area contributed by atoms with E-state index in [0.717, 1.165) is 11.4 Å². The summed E-state index contributed by atoms with van der Waals surface area (Å²) >= 11 is 0. The van der Waals surface area contributed by atoms with Crippen molar-refractivity contribution < 1.29 is 14.2 Å². The smallest absolute Gasteiger partial charge is 0.163 e. The molecule has 2 rings (SSSR count). The molecule has 5 nitrogen and oxygen atoms in total. The van der Waals surface area contributed by atoms with E-state index in [1.165, 1.54) is 0 Å². The van der Waals surface area contributed by atoms with Gasteiger partial charge in [0.1, 0.15) is 13.2 Å². The highest BCUT2D eigenvalue weighted by molar-refractivity contribution is 5.72. The maximum absolute atomic E-state index is 6.01. The van der Waals surface area contributed by atoms with Crippen molar-refractivity contribution in [3.8, 4) is 11.5 Å². The minimum Gasteiger partial charge on any atom is -0.486 e. The van der Waals surface area contributed by atoms with Gasteiger partial charge in [0, 0.05) is 25.3 Å². The third-order valence-corrected chi connectivity index (χ3v) is 2.95. The van der Waals surface area contributed by atoms with Gasteiger partial charge in [-0.1, -0.05) is 0 Å². The van der Waals surface area contributed by atoms with Crippen LogP contribution in [0, 0.1) is 0 Å². The van der Waals surface area contributed by atoms with Crippen LogP contribution in [-0.2, 0) is 4.74 Å². The molecule has 0 atom stereocenters. The largest absolute Gasteiger partial charge is 0.486 e. The van der Waals surface area contributed by atoms with Crippen molar-refractivity contribution in [2.75, 3.05) is 37.4 Å². The minimum absolute atomic E-state index is 0.242. The normalized spacial score (nSPS) is 14.3. The summed E-state index contributed by atoms with van der Waals surface area (Å²) in [4.78, 5) is 0. The van der Waals surface area contributed by atoms with Crippen LogP contribution in [0.3, 0.4) is 0 Å². The summed E-state index contributed by atoms with van der Waals surface area (Å²) in [6.07, 6.45) is 0. The molecule has 0 fully saturated rings. The third-order valence-electron chi connectivity index (χ3n) is 2.95. The standard InChI is InChI=1S/C14H22N2O3/c1-4-19-14(2,3)9-16-11-8-13-12(7-10(11)15)17-5-6-18-13/h7-8,16H,4-6,9,15H2,1-3H3. The molecule has 106 valence electrons. The summed E-state index contributed by atoms with van der Waals surface area (Å²) in [5.41, 5.74) is 7.26. The van der Waals surface area contributed by atoms with Crippen LogP contribution < -0.4 is 20.5 Å². The quantitative estimate of drug-likeness (QED) is 0.800. The average Bonchev–Trinajstić information content (AvgIpc) is 2.36. The second kappa shape index (κ2) is 5.57. The van der Waals surface area contributed by atoms with Gasteiger partial charge in [-0.15, -0.1) is 0 Å². The second-order valence-corrected chi connectivity index (χ2v) is 5.13. The first-order chi connectivity index (χ1) is 9.02. The molecule has 19 heavy (non-hydrogen) atoms. The topological polar surface area (TPSA) is 65.7 Å². The van der Waals surface area contributed by atoms with E-state index in [1.54, 1.807) is 6.07 Å². The lowest BCUT2D eigenvalue weighted by Crippen LogP contribution is -2.33. The molecular formula is C14H22N2O3. The Morgan fingerprint density at radius 1 is 1.26 bits per heavy atom. The summed E-state index contributed by atoms with van der Waals surface area (Å²) in [7, 11) is 0. The van der Waals surface area contributed by atoms with Gasteiger partial charge in [0.25, 0.3) is 0 Å². The van der Waals surface area contributed by atoms with E-state index in [-0.39, 0.29) is 5.60 Å². The zero-order chi connectivity index (χ0) is 13.9. The molecule has 0 amide bonds. The van der Waals surface area contributed by atoms with Crippen LogP contribution in [0.4, 0.5) is 11.4 Å². The first-order valence-electron chi connectivity index (χ1n) is 6.59. The second-order valence-electron chi connectivity index (χ2n) is 5.13. The SMILES string of the molecule is CCOC(C)(C)CNc1cc2c(cc1N)OCCO2. The lowest BCUT2D eigenvalue weighted by Gasteiger charge is -2.26. The molecule has 0 spiro atoms. The van der Waals surface area contributed by atoms with E-state index in [1.807, 2.05) is 26.8 Å². The van der Waals surface area contributed by atoms with Crippen molar-refractivity contribution in [3.63, 3.8) is 0 Å². The number of nitrogen functional groups attached to an aromatic ring is 1. The molecule has 3 N–H and O–H groups in total. The van der Waals surface area contributed by atoms with Crippen molar-refractivity contribution in [2.24, 2.45) is 0 Å². The Morgan fingerprint density at radius 3 is 2.53 bits per heavy atom. The highest BCUT2D eigenvalue weighted by Gasteiger charge is 2.19. The van der Waals surface area contributed by atoms with E-state index in [0.29, 0.717) is 37.8 Å². The van der Waals surface area contributed by atoms with Crippen LogP contribution in [-0.4, -0.2) is 32.0 Å². The fourth-order valence-electron chi connectivity index (χ4n) is 2.01. The van der Waals surface area contributed by atoms with Crippen molar-refractivity contribution in [1.82, 2.24) is 0 Å². The van der Waals surface area contributed by atoms with Crippen molar-refractivity contribution in [1.29, 1.82) is 0 Å². The van der Waals surface area contributed by atoms with Crippen LogP contribution in [0.5, 0.6) is 11.5 Å². The summed E-state index contributed by atoms with van der Waals surface area (Å²) in [6.45, 7) is 8.56. The Bertz CT molecular complexity index is 447. The zero-order valence-corrected chi connectivity index (χ0v) is 11.8. The van der Waals surface area contributed by atoms with Gasteiger partial charge in [-0.05, 0) is 20.8 Å². The Labute approximate surface area is 114 Å². The molecule has 0 bridgehead atoms. The van der Waals surface area contributed by atoms with Gasteiger partial charge in [0.15, 0.2) is 11.5 Å². The fraction of sp³-hybridized carbons (Fsp3) is 0.571. The van der Waals surface area contributed by atoms with Gasteiger partial charge in [-0.2, -0.15) is 0 Å². The van der Waals surface area contributed by atoms with Crippen molar-refractivity contribution >= 4 is 11.4 Å². The number of anilines is 2. The zero-order valence-electron chi connectivity index (χ0n) is 11.8. The van der Waals surface area contributed by atoms with Crippen LogP contribution >= 0.6 is 0 Å². The van der Waals surface area contributed by atoms with E-state index in [2.05, 4.69) is 5.32 Å². The van der Waals surface area contributed by atoms with Gasteiger partial charge < -0.3 is 25.3 Å². The van der Waals surface area contributed by atoms with Crippen molar-refractivity contribution in [2.45, 2.75) is 26.4 Å². The number of nitrogens with two attached hydrogens (primary N) is 1. The molecule has 0 unspecified atom stereocenters. The summed E-state index contributed by atoms with van der Waals surface area (Å²) < 4.78 is 16.7. The molecule has 0 aliphatic carbocycles. The van der Waals surface area contributed by atoms with Crippen molar-refractivity contribution in [3.05, 3.63) is 12.1 Å². The lowest BCUT2D eigenvalue weighted by molar-refractivity contribution is 0.000704. The highest BCUT2D eigenvalue weighted by atomic mass is 16.6. The van der Waals surface area contributed by atoms with Gasteiger partial charge in [-0.25, -0.2) is 0 Å². The maximum atomic E-state index is 6.01. The molecule has 0 saturated carbocycles. The minimum atomic E-state index is -0.242. The van der Waals surface area contributed by atoms with Crippen LogP contribution in [0.1, 0.15) is 20.8 Å². The Hall–Kier alpha value is -1.62. The van der Waals surface area contributed by atoms with E-state index >= 15 is 0 Å². The van der Waals surface area contributed by atoms with E-state index in [9.17, 15) is 0 Å². The molecule has 0 aromatic heterocycles. The van der Waals surface area contributed by atoms with Crippen LogP contribution in [0.2, 0.25) is 0 Å². The molecular weight excluding hydrogens is 244 g/mol. The van der Waals surface area contributed by atoms with Gasteiger partial charge in [-0.3, -0.25) is 0 Å². The number of benzene rings is 1. The predicted octanol–water partition coefficient (Wildman–Crippen LogP) is 2.27. The van der Waals surface area contributed by atoms with Gasteiger partial charge in [0.05, 0.1) is 17.0 Å². The summed E-state index contributed by atoms with van der Waals surface area (Å²) in [5, 5.41) is 3.30. The molecule has 0 saturated heterocycles. The number of nitrogens with one attached hydrogen (secondary N) is 1. The maximum Gasteiger partial charge on any atom is 0.163 e. The first kappa shape index (κ1) is 13.8. The average molecular weight is 266 g/mol. The highest BCUT2D eigenvalue weighted by Crippen LogP contribution is 2.37. The summed E-state index contributed by atoms with van der Waals surface area (Å²) in [5.74, 6) is 1.44. The molecule has 1 aromatic carbocycles. The number of hydrogen-bond acceptors (Lipinski definition) is 5. The lowest BCUT2D eigenvalue weighted by atomic mass is 10.1. The molecule has 1 heterocycles. The monoisotopic (exact) mass is 266 g/mol. The van der Waals surface area contributed by atoms with Gasteiger partial charge in [0.2, 0.25) is 0 Å². The number of fused-ring (bicyclic) bond motifs is 1. The van der Waals surface area contributed by atoms with Crippen LogP contribution in [0.15, 0.2) is 12.1 Å². The molecule has 1 aromatic rings. The number of hydrogen-bond donors (Lipinski definition) is 2. The number of ether oxygens (including phenoxy) is 3. The third kappa shape index (κ3) is 3.44. The van der Waals surface area contributed by atoms with E-state index in [4.69, 9.17) is 19.9 Å². The molecule has 5 heteroatoms. The van der Waals surface area contributed by atoms with E-state index < -0.39 is 0 Å². The van der Waals surface area contributed by atoms with Gasteiger partial charge >= 0.3 is 0 Å². The fourth-order valence-corrected chi connectivity index (χ4v) is 2.01. The van der Waals surface area contributed by atoms with Crippen LogP contribution in [0.25, 0.3) is 0 Å². The molecule has 1 aliphatic heterocycles.